The Morgan fingerprint density at radius 1 is 1.52 bits per heavy atom. The number of nitro benzene ring substituents is 1. The first-order chi connectivity index (χ1) is 11.0. The van der Waals surface area contributed by atoms with Crippen molar-refractivity contribution >= 4 is 11.4 Å². The molecule has 2 N–H and O–H groups in total. The van der Waals surface area contributed by atoms with Crippen LogP contribution in [0.15, 0.2) is 18.2 Å². The van der Waals surface area contributed by atoms with Gasteiger partial charge in [0.15, 0.2) is 0 Å². The summed E-state index contributed by atoms with van der Waals surface area (Å²) in [6.45, 7) is 4.99. The van der Waals surface area contributed by atoms with E-state index >= 15 is 0 Å². The molecule has 1 aliphatic heterocycles. The molecule has 0 radical (unpaired) electrons. The first-order valence-corrected chi connectivity index (χ1v) is 7.82. The minimum atomic E-state index is -0.598. The van der Waals surface area contributed by atoms with E-state index in [1.165, 1.54) is 18.2 Å². The maximum Gasteiger partial charge on any atom is 0.293 e. The van der Waals surface area contributed by atoms with Gasteiger partial charge in [-0.25, -0.2) is 0 Å². The Hall–Kier alpha value is -2.17. The minimum Gasteiger partial charge on any atom is -0.390 e. The highest BCUT2D eigenvalue weighted by molar-refractivity contribution is 5.64. The van der Waals surface area contributed by atoms with Gasteiger partial charge in [0.1, 0.15) is 5.69 Å². The predicted molar refractivity (Wildman–Crippen MR) is 87.1 cm³/mol. The summed E-state index contributed by atoms with van der Waals surface area (Å²) >= 11 is 0. The highest BCUT2D eigenvalue weighted by Crippen LogP contribution is 2.25. The Balaban J connectivity index is 1.90. The monoisotopic (exact) mass is 318 g/mol. The summed E-state index contributed by atoms with van der Waals surface area (Å²) in [5.41, 5.74) is 0.411. The van der Waals surface area contributed by atoms with E-state index in [9.17, 15) is 15.2 Å². The Morgan fingerprint density at radius 2 is 2.22 bits per heavy atom. The Kier molecular flexibility index (Phi) is 5.90. The number of nitriles is 1. The highest BCUT2D eigenvalue weighted by atomic mass is 16.6. The molecule has 0 aliphatic carbocycles. The molecule has 1 aromatic carbocycles. The SMILES string of the molecule is CC1CCN(C[C@H](O)CNc2ccc(C#N)cc2[N+](=O)[O-])CC1. The lowest BCUT2D eigenvalue weighted by Crippen LogP contribution is -2.40. The molecule has 1 saturated heterocycles. The lowest BCUT2D eigenvalue weighted by molar-refractivity contribution is -0.384. The largest absolute Gasteiger partial charge is 0.390 e. The molecule has 1 aromatic rings. The molecule has 1 aliphatic rings. The number of nitro groups is 1. The van der Waals surface area contributed by atoms with Crippen molar-refractivity contribution in [1.29, 1.82) is 5.26 Å². The van der Waals surface area contributed by atoms with Gasteiger partial charge in [0.05, 0.1) is 22.7 Å². The van der Waals surface area contributed by atoms with Crippen LogP contribution in [0, 0.1) is 27.4 Å². The summed E-state index contributed by atoms with van der Waals surface area (Å²) in [4.78, 5) is 12.8. The molecule has 0 aromatic heterocycles. The van der Waals surface area contributed by atoms with Gasteiger partial charge in [-0.05, 0) is 44.0 Å². The van der Waals surface area contributed by atoms with Crippen molar-refractivity contribution in [2.45, 2.75) is 25.9 Å². The number of nitrogens with zero attached hydrogens (tertiary/aromatic N) is 3. The number of piperidine rings is 1. The first-order valence-electron chi connectivity index (χ1n) is 7.82. The van der Waals surface area contributed by atoms with Crippen LogP contribution in [0.3, 0.4) is 0 Å². The molecule has 124 valence electrons. The number of aliphatic hydroxyl groups excluding tert-OH is 1. The summed E-state index contributed by atoms with van der Waals surface area (Å²) in [5.74, 6) is 0.739. The van der Waals surface area contributed by atoms with Crippen molar-refractivity contribution in [3.8, 4) is 6.07 Å². The molecular weight excluding hydrogens is 296 g/mol. The molecule has 2 rings (SSSR count). The molecule has 0 bridgehead atoms. The Morgan fingerprint density at radius 3 is 2.83 bits per heavy atom. The van der Waals surface area contributed by atoms with Crippen molar-refractivity contribution in [3.05, 3.63) is 33.9 Å². The predicted octanol–water partition coefficient (Wildman–Crippen LogP) is 1.97. The maximum atomic E-state index is 11.1. The molecule has 7 heteroatoms. The lowest BCUT2D eigenvalue weighted by Gasteiger charge is -2.31. The average Bonchev–Trinajstić information content (AvgIpc) is 2.54. The van der Waals surface area contributed by atoms with Gasteiger partial charge in [-0.2, -0.15) is 5.26 Å². The summed E-state index contributed by atoms with van der Waals surface area (Å²) in [7, 11) is 0. The van der Waals surface area contributed by atoms with Crippen LogP contribution in [0.25, 0.3) is 0 Å². The van der Waals surface area contributed by atoms with Crippen LogP contribution in [0.1, 0.15) is 25.3 Å². The molecule has 1 heterocycles. The summed E-state index contributed by atoms with van der Waals surface area (Å²) in [6, 6.07) is 6.15. The van der Waals surface area contributed by atoms with Gasteiger partial charge >= 0.3 is 0 Å². The molecule has 1 fully saturated rings. The van der Waals surface area contributed by atoms with Crippen LogP contribution in [-0.2, 0) is 0 Å². The van der Waals surface area contributed by atoms with Crippen molar-refractivity contribution in [2.24, 2.45) is 5.92 Å². The zero-order valence-electron chi connectivity index (χ0n) is 13.2. The van der Waals surface area contributed by atoms with E-state index in [0.717, 1.165) is 31.8 Å². The van der Waals surface area contributed by atoms with E-state index < -0.39 is 11.0 Å². The van der Waals surface area contributed by atoms with Gasteiger partial charge in [0, 0.05) is 19.2 Å². The second kappa shape index (κ2) is 7.90. The van der Waals surface area contributed by atoms with Gasteiger partial charge in [-0.1, -0.05) is 6.92 Å². The Bertz CT molecular complexity index is 591. The van der Waals surface area contributed by atoms with Crippen molar-refractivity contribution in [1.82, 2.24) is 4.90 Å². The summed E-state index contributed by atoms with van der Waals surface area (Å²) in [6.07, 6.45) is 1.68. The smallest absolute Gasteiger partial charge is 0.293 e. The van der Waals surface area contributed by atoms with Crippen molar-refractivity contribution in [3.63, 3.8) is 0 Å². The second-order valence-electron chi connectivity index (χ2n) is 6.12. The topological polar surface area (TPSA) is 102 Å². The van der Waals surface area contributed by atoms with Crippen LogP contribution in [-0.4, -0.2) is 47.2 Å². The van der Waals surface area contributed by atoms with Gasteiger partial charge in [0.2, 0.25) is 0 Å². The van der Waals surface area contributed by atoms with E-state index in [0.29, 0.717) is 12.2 Å². The van der Waals surface area contributed by atoms with Crippen LogP contribution >= 0.6 is 0 Å². The quantitative estimate of drug-likeness (QED) is 0.614. The lowest BCUT2D eigenvalue weighted by atomic mass is 9.99. The molecular formula is C16H22N4O3. The van der Waals surface area contributed by atoms with E-state index in [1.54, 1.807) is 0 Å². The van der Waals surface area contributed by atoms with Crippen molar-refractivity contribution < 1.29 is 10.0 Å². The van der Waals surface area contributed by atoms with Gasteiger partial charge in [-0.15, -0.1) is 0 Å². The number of benzene rings is 1. The van der Waals surface area contributed by atoms with Gasteiger partial charge in [-0.3, -0.25) is 10.1 Å². The van der Waals surface area contributed by atoms with Crippen molar-refractivity contribution in [2.75, 3.05) is 31.5 Å². The molecule has 0 spiro atoms. The van der Waals surface area contributed by atoms with Gasteiger partial charge in [0.25, 0.3) is 5.69 Å². The fraction of sp³-hybridized carbons (Fsp3) is 0.562. The van der Waals surface area contributed by atoms with E-state index in [4.69, 9.17) is 5.26 Å². The number of nitrogens with one attached hydrogen (secondary N) is 1. The number of β-amino-alcohol motifs (C(OH)–C–C–N with tert-alkyl or cyclic N) is 1. The first kappa shape index (κ1) is 17.2. The molecule has 0 amide bonds. The molecule has 7 nitrogen and oxygen atoms in total. The third-order valence-electron chi connectivity index (χ3n) is 4.20. The molecule has 0 unspecified atom stereocenters. The summed E-state index contributed by atoms with van der Waals surface area (Å²) < 4.78 is 0. The second-order valence-corrected chi connectivity index (χ2v) is 6.12. The zero-order chi connectivity index (χ0) is 16.8. The summed E-state index contributed by atoms with van der Waals surface area (Å²) in [5, 5.41) is 32.9. The number of anilines is 1. The third kappa shape index (κ3) is 4.91. The van der Waals surface area contributed by atoms with E-state index in [1.807, 2.05) is 6.07 Å². The van der Waals surface area contributed by atoms with Gasteiger partial charge < -0.3 is 15.3 Å². The molecule has 23 heavy (non-hydrogen) atoms. The minimum absolute atomic E-state index is 0.150. The maximum absolute atomic E-state index is 11.1. The van der Waals surface area contributed by atoms with Crippen LogP contribution in [0.5, 0.6) is 0 Å². The number of rotatable bonds is 6. The average molecular weight is 318 g/mol. The number of aliphatic hydroxyl groups is 1. The fourth-order valence-electron chi connectivity index (χ4n) is 2.74. The number of hydrogen-bond donors (Lipinski definition) is 2. The van der Waals surface area contributed by atoms with Crippen LogP contribution in [0.4, 0.5) is 11.4 Å². The fourth-order valence-corrected chi connectivity index (χ4v) is 2.74. The van der Waals surface area contributed by atoms with Crippen LogP contribution in [0.2, 0.25) is 0 Å². The zero-order valence-corrected chi connectivity index (χ0v) is 13.2. The molecule has 0 saturated carbocycles. The normalized spacial score (nSPS) is 17.4. The highest BCUT2D eigenvalue weighted by Gasteiger charge is 2.19. The number of hydrogen-bond acceptors (Lipinski definition) is 6. The standard InChI is InChI=1S/C16H22N4O3/c1-12-4-6-19(7-5-12)11-14(21)10-18-15-3-2-13(9-17)8-16(15)20(22)23/h2-3,8,12,14,18,21H,4-7,10-11H2,1H3/t14-/m1/s1. The molecule has 1 atom stereocenters. The third-order valence-corrected chi connectivity index (χ3v) is 4.20. The van der Waals surface area contributed by atoms with E-state index in [2.05, 4.69) is 17.1 Å². The Labute approximate surface area is 135 Å². The van der Waals surface area contributed by atoms with E-state index in [-0.39, 0.29) is 17.8 Å². The van der Waals surface area contributed by atoms with Crippen LogP contribution < -0.4 is 5.32 Å². The number of likely N-dealkylation sites (tertiary alicyclic amines) is 1.